The van der Waals surface area contributed by atoms with Crippen LogP contribution in [0.15, 0.2) is 43.0 Å². The van der Waals surface area contributed by atoms with Crippen LogP contribution in [0.5, 0.6) is 0 Å². The second kappa shape index (κ2) is 7.91. The summed E-state index contributed by atoms with van der Waals surface area (Å²) in [5.74, 6) is -1.05. The number of pyridine rings is 2. The molecule has 0 aromatic carbocycles. The summed E-state index contributed by atoms with van der Waals surface area (Å²) in [5.41, 5.74) is 0.115. The first-order valence-corrected chi connectivity index (χ1v) is 10.1. The van der Waals surface area contributed by atoms with Crippen LogP contribution in [-0.4, -0.2) is 36.7 Å². The first-order valence-electron chi connectivity index (χ1n) is 10.1. The molecule has 1 saturated carbocycles. The van der Waals surface area contributed by atoms with Crippen LogP contribution in [0.1, 0.15) is 45.7 Å². The Balaban J connectivity index is 1.40. The molecule has 0 spiro atoms. The smallest absolute Gasteiger partial charge is 0.367 e. The molecule has 0 atom stereocenters. The number of aromatic amines is 1. The van der Waals surface area contributed by atoms with Gasteiger partial charge >= 0.3 is 6.18 Å². The van der Waals surface area contributed by atoms with Crippen LogP contribution in [-0.2, 0) is 12.6 Å². The van der Waals surface area contributed by atoms with E-state index in [0.717, 1.165) is 25.1 Å². The minimum atomic E-state index is -4.54. The van der Waals surface area contributed by atoms with Crippen molar-refractivity contribution in [2.75, 3.05) is 5.32 Å². The number of alkyl halides is 3. The lowest BCUT2D eigenvalue weighted by Crippen LogP contribution is -2.10. The second-order valence-electron chi connectivity index (χ2n) is 7.76. The Labute approximate surface area is 184 Å². The molecule has 1 aliphatic carbocycles. The molecule has 4 aromatic heterocycles. The van der Waals surface area contributed by atoms with Gasteiger partial charge in [0.05, 0.1) is 16.5 Å². The fraction of sp³-hybridized carbons (Fsp3) is 0.227. The molecule has 0 saturated heterocycles. The number of nitrogens with zero attached hydrogens (tertiary/aromatic N) is 4. The lowest BCUT2D eigenvalue weighted by molar-refractivity contribution is -0.141. The standard InChI is InChI=1S/C22H16F4N6O/c23-19-14(5-4-13(31-19)7-11-1-6-16(27-8-11)22(24,25)26)18(33)15-9-28-20-17(15)21(30-10-29-20)32-12-2-3-12/h1,4-6,8-10,12H,2-3,7H2,(H2,28,29,30,32). The summed E-state index contributed by atoms with van der Waals surface area (Å²) in [6.45, 7) is 0. The van der Waals surface area contributed by atoms with Crippen LogP contribution < -0.4 is 5.32 Å². The molecule has 0 bridgehead atoms. The number of carbonyl (C=O) groups is 1. The lowest BCUT2D eigenvalue weighted by atomic mass is 10.0. The quantitative estimate of drug-likeness (QED) is 0.255. The van der Waals surface area contributed by atoms with E-state index >= 15 is 0 Å². The van der Waals surface area contributed by atoms with E-state index < -0.39 is 23.6 Å². The molecule has 0 aliphatic heterocycles. The Morgan fingerprint density at radius 3 is 2.58 bits per heavy atom. The van der Waals surface area contributed by atoms with Gasteiger partial charge in [0.1, 0.15) is 23.5 Å². The van der Waals surface area contributed by atoms with Crippen molar-refractivity contribution < 1.29 is 22.4 Å². The van der Waals surface area contributed by atoms with Crippen LogP contribution in [0.2, 0.25) is 0 Å². The van der Waals surface area contributed by atoms with Gasteiger partial charge in [-0.05, 0) is 36.6 Å². The molecule has 0 unspecified atom stereocenters. The summed E-state index contributed by atoms with van der Waals surface area (Å²) >= 11 is 0. The van der Waals surface area contributed by atoms with E-state index in [-0.39, 0.29) is 23.2 Å². The summed E-state index contributed by atoms with van der Waals surface area (Å²) in [6, 6.07) is 5.18. The van der Waals surface area contributed by atoms with Crippen molar-refractivity contribution in [3.8, 4) is 0 Å². The highest BCUT2D eigenvalue weighted by Crippen LogP contribution is 2.31. The molecule has 7 nitrogen and oxygen atoms in total. The molecule has 2 N–H and O–H groups in total. The molecule has 1 aliphatic rings. The maximum absolute atomic E-state index is 14.8. The molecule has 0 amide bonds. The summed E-state index contributed by atoms with van der Waals surface area (Å²) in [5, 5.41) is 3.73. The first-order chi connectivity index (χ1) is 15.8. The Kier molecular flexibility index (Phi) is 5.03. The number of halogens is 4. The van der Waals surface area contributed by atoms with Gasteiger partial charge in [0.25, 0.3) is 0 Å². The Bertz CT molecular complexity index is 1350. The van der Waals surface area contributed by atoms with E-state index in [9.17, 15) is 22.4 Å². The second-order valence-corrected chi connectivity index (χ2v) is 7.76. The highest BCUT2D eigenvalue weighted by atomic mass is 19.4. The molecule has 4 aromatic rings. The lowest BCUT2D eigenvalue weighted by Gasteiger charge is -2.08. The topological polar surface area (TPSA) is 96.5 Å². The Morgan fingerprint density at radius 2 is 1.91 bits per heavy atom. The van der Waals surface area contributed by atoms with Crippen LogP contribution in [0.25, 0.3) is 11.0 Å². The molecular weight excluding hydrogens is 440 g/mol. The third-order valence-electron chi connectivity index (χ3n) is 5.28. The van der Waals surface area contributed by atoms with E-state index in [2.05, 4.69) is 30.2 Å². The van der Waals surface area contributed by atoms with Crippen LogP contribution in [0.3, 0.4) is 0 Å². The SMILES string of the molecule is O=C(c1ccc(Cc2ccc(C(F)(F)F)nc2)nc1F)c1c[nH]c2ncnc(NC3CC3)c12. The number of hydrogen-bond acceptors (Lipinski definition) is 6. The van der Waals surface area contributed by atoms with Crippen molar-refractivity contribution in [2.45, 2.75) is 31.5 Å². The minimum absolute atomic E-state index is 0.0624. The largest absolute Gasteiger partial charge is 0.433 e. The summed E-state index contributed by atoms with van der Waals surface area (Å²) in [4.78, 5) is 31.6. The van der Waals surface area contributed by atoms with Crippen molar-refractivity contribution in [2.24, 2.45) is 0 Å². The van der Waals surface area contributed by atoms with Gasteiger partial charge in [-0.2, -0.15) is 17.6 Å². The van der Waals surface area contributed by atoms with Crippen molar-refractivity contribution >= 4 is 22.6 Å². The van der Waals surface area contributed by atoms with E-state index in [1.807, 2.05) is 0 Å². The normalized spacial score (nSPS) is 13.9. The molecule has 11 heteroatoms. The summed E-state index contributed by atoms with van der Waals surface area (Å²) in [6.07, 6.45) is 1.45. The number of hydrogen-bond donors (Lipinski definition) is 2. The third-order valence-corrected chi connectivity index (χ3v) is 5.28. The fourth-order valence-electron chi connectivity index (χ4n) is 3.46. The molecule has 168 valence electrons. The highest BCUT2D eigenvalue weighted by Gasteiger charge is 2.32. The molecule has 4 heterocycles. The van der Waals surface area contributed by atoms with Crippen molar-refractivity contribution in [1.82, 2.24) is 24.9 Å². The summed E-state index contributed by atoms with van der Waals surface area (Å²) in [7, 11) is 0. The zero-order chi connectivity index (χ0) is 23.2. The van der Waals surface area contributed by atoms with Gasteiger partial charge in [-0.3, -0.25) is 9.78 Å². The number of H-pyrrole nitrogens is 1. The monoisotopic (exact) mass is 456 g/mol. The number of fused-ring (bicyclic) bond motifs is 1. The van der Waals surface area contributed by atoms with Gasteiger partial charge in [-0.15, -0.1) is 0 Å². The van der Waals surface area contributed by atoms with Gasteiger partial charge in [0, 0.05) is 30.6 Å². The minimum Gasteiger partial charge on any atom is -0.367 e. The van der Waals surface area contributed by atoms with Crippen molar-refractivity contribution in [1.29, 1.82) is 0 Å². The summed E-state index contributed by atoms with van der Waals surface area (Å²) < 4.78 is 52.7. The Morgan fingerprint density at radius 1 is 1.09 bits per heavy atom. The number of carbonyl (C=O) groups excluding carboxylic acids is 1. The average Bonchev–Trinajstić information content (AvgIpc) is 3.48. The predicted octanol–water partition coefficient (Wildman–Crippen LogP) is 4.30. The number of ketones is 1. The van der Waals surface area contributed by atoms with Gasteiger partial charge < -0.3 is 10.3 Å². The van der Waals surface area contributed by atoms with E-state index in [1.165, 1.54) is 30.7 Å². The first kappa shape index (κ1) is 21.0. The average molecular weight is 456 g/mol. The van der Waals surface area contributed by atoms with Crippen LogP contribution >= 0.6 is 0 Å². The molecule has 5 rings (SSSR count). The maximum Gasteiger partial charge on any atom is 0.433 e. The van der Waals surface area contributed by atoms with E-state index in [1.54, 1.807) is 0 Å². The number of nitrogens with one attached hydrogen (secondary N) is 2. The third kappa shape index (κ3) is 4.26. The van der Waals surface area contributed by atoms with Crippen molar-refractivity contribution in [3.63, 3.8) is 0 Å². The number of anilines is 1. The van der Waals surface area contributed by atoms with Crippen molar-refractivity contribution in [3.05, 3.63) is 77.0 Å². The predicted molar refractivity (Wildman–Crippen MR) is 110 cm³/mol. The van der Waals surface area contributed by atoms with E-state index in [0.29, 0.717) is 28.5 Å². The highest BCUT2D eigenvalue weighted by molar-refractivity contribution is 6.18. The molecule has 1 fully saturated rings. The number of rotatable bonds is 6. The van der Waals surface area contributed by atoms with Gasteiger partial charge in [0.15, 0.2) is 5.78 Å². The van der Waals surface area contributed by atoms with Gasteiger partial charge in [-0.25, -0.2) is 15.0 Å². The zero-order valence-electron chi connectivity index (χ0n) is 16.9. The fourth-order valence-corrected chi connectivity index (χ4v) is 3.46. The molecular formula is C22H16F4N6O. The van der Waals surface area contributed by atoms with Crippen LogP contribution in [0.4, 0.5) is 23.4 Å². The van der Waals surface area contributed by atoms with Crippen LogP contribution in [0, 0.1) is 5.95 Å². The molecule has 33 heavy (non-hydrogen) atoms. The maximum atomic E-state index is 14.8. The van der Waals surface area contributed by atoms with Gasteiger partial charge in [0.2, 0.25) is 5.95 Å². The van der Waals surface area contributed by atoms with E-state index in [4.69, 9.17) is 0 Å². The Hall–Kier alpha value is -3.89. The zero-order valence-corrected chi connectivity index (χ0v) is 16.9. The van der Waals surface area contributed by atoms with Gasteiger partial charge in [-0.1, -0.05) is 6.07 Å². The molecule has 0 radical (unpaired) electrons. The number of aromatic nitrogens is 5.